The van der Waals surface area contributed by atoms with E-state index in [0.717, 1.165) is 24.2 Å². The van der Waals surface area contributed by atoms with E-state index in [1.54, 1.807) is 0 Å². The standard InChI is InChI=1S/C25H26N2O2S/c1-29-24(28)18-19-12-14-22(15-13-19)27-25(30)26-17-16-23(20-8-4-2-5-9-20)21-10-6-3-7-11-21/h2-15,23H,16-18H2,1H3,(H2,26,27,30). The predicted molar refractivity (Wildman–Crippen MR) is 126 cm³/mol. The minimum absolute atomic E-state index is 0.251. The van der Waals surface area contributed by atoms with Crippen LogP contribution in [0.3, 0.4) is 0 Å². The molecule has 30 heavy (non-hydrogen) atoms. The van der Waals surface area contributed by atoms with E-state index in [4.69, 9.17) is 17.0 Å². The van der Waals surface area contributed by atoms with Crippen LogP contribution in [0.15, 0.2) is 84.9 Å². The maximum atomic E-state index is 11.4. The van der Waals surface area contributed by atoms with E-state index in [1.165, 1.54) is 18.2 Å². The number of carbonyl (C=O) groups excluding carboxylic acids is 1. The number of hydrogen-bond donors (Lipinski definition) is 2. The minimum Gasteiger partial charge on any atom is -0.469 e. The molecule has 3 rings (SSSR count). The number of hydrogen-bond acceptors (Lipinski definition) is 3. The van der Waals surface area contributed by atoms with Gasteiger partial charge >= 0.3 is 5.97 Å². The molecular weight excluding hydrogens is 392 g/mol. The van der Waals surface area contributed by atoms with Gasteiger partial charge in [0.05, 0.1) is 13.5 Å². The molecule has 3 aromatic rings. The molecule has 0 atom stereocenters. The predicted octanol–water partition coefficient (Wildman–Crippen LogP) is 4.91. The maximum Gasteiger partial charge on any atom is 0.309 e. The van der Waals surface area contributed by atoms with Crippen molar-refractivity contribution in [2.24, 2.45) is 0 Å². The average Bonchev–Trinajstić information content (AvgIpc) is 2.79. The van der Waals surface area contributed by atoms with Crippen molar-refractivity contribution in [3.05, 3.63) is 102 Å². The highest BCUT2D eigenvalue weighted by Gasteiger charge is 2.13. The number of anilines is 1. The summed E-state index contributed by atoms with van der Waals surface area (Å²) >= 11 is 5.45. The molecule has 0 aliphatic rings. The summed E-state index contributed by atoms with van der Waals surface area (Å²) in [5, 5.41) is 7.08. The molecule has 0 bridgehead atoms. The quantitative estimate of drug-likeness (QED) is 0.402. The minimum atomic E-state index is -0.251. The lowest BCUT2D eigenvalue weighted by atomic mass is 9.88. The van der Waals surface area contributed by atoms with Crippen LogP contribution in [-0.2, 0) is 16.0 Å². The van der Waals surface area contributed by atoms with Crippen molar-refractivity contribution in [1.82, 2.24) is 5.32 Å². The zero-order valence-corrected chi connectivity index (χ0v) is 17.8. The SMILES string of the molecule is COC(=O)Cc1ccc(NC(=S)NCCC(c2ccccc2)c2ccccc2)cc1. The zero-order valence-electron chi connectivity index (χ0n) is 17.0. The summed E-state index contributed by atoms with van der Waals surface area (Å²) in [4.78, 5) is 11.4. The number of ether oxygens (including phenoxy) is 1. The Morgan fingerprint density at radius 1 is 0.900 bits per heavy atom. The van der Waals surface area contributed by atoms with Crippen LogP contribution in [0.1, 0.15) is 29.0 Å². The van der Waals surface area contributed by atoms with Gasteiger partial charge in [0.25, 0.3) is 0 Å². The zero-order chi connectivity index (χ0) is 21.2. The van der Waals surface area contributed by atoms with Gasteiger partial charge in [-0.2, -0.15) is 0 Å². The van der Waals surface area contributed by atoms with Crippen molar-refractivity contribution < 1.29 is 9.53 Å². The Labute approximate surface area is 183 Å². The summed E-state index contributed by atoms with van der Waals surface area (Å²) in [6.07, 6.45) is 1.19. The molecule has 2 N–H and O–H groups in total. The van der Waals surface area contributed by atoms with Gasteiger partial charge in [-0.15, -0.1) is 0 Å². The van der Waals surface area contributed by atoms with Crippen LogP contribution in [0.5, 0.6) is 0 Å². The van der Waals surface area contributed by atoms with Gasteiger partial charge in [-0.25, -0.2) is 0 Å². The van der Waals surface area contributed by atoms with E-state index in [-0.39, 0.29) is 12.4 Å². The Kier molecular flexibility index (Phi) is 7.98. The van der Waals surface area contributed by atoms with Gasteiger partial charge in [-0.1, -0.05) is 72.8 Å². The summed E-state index contributed by atoms with van der Waals surface area (Å²) in [7, 11) is 1.39. The molecule has 0 fully saturated rings. The highest BCUT2D eigenvalue weighted by Crippen LogP contribution is 2.27. The summed E-state index contributed by atoms with van der Waals surface area (Å²) in [6.45, 7) is 0.751. The van der Waals surface area contributed by atoms with Crippen molar-refractivity contribution in [3.63, 3.8) is 0 Å². The molecule has 0 saturated carbocycles. The van der Waals surface area contributed by atoms with Crippen molar-refractivity contribution in [2.45, 2.75) is 18.8 Å². The third kappa shape index (κ3) is 6.42. The van der Waals surface area contributed by atoms with Gasteiger partial charge in [0.15, 0.2) is 5.11 Å². The van der Waals surface area contributed by atoms with Gasteiger partial charge in [0, 0.05) is 18.2 Å². The molecule has 3 aromatic carbocycles. The van der Waals surface area contributed by atoms with E-state index in [1.807, 2.05) is 36.4 Å². The number of thiocarbonyl (C=S) groups is 1. The molecule has 0 unspecified atom stereocenters. The fourth-order valence-corrected chi connectivity index (χ4v) is 3.57. The first-order valence-electron chi connectivity index (χ1n) is 9.96. The fraction of sp³-hybridized carbons (Fsp3) is 0.200. The molecule has 0 aliphatic carbocycles. The van der Waals surface area contributed by atoms with Gasteiger partial charge in [-0.05, 0) is 47.5 Å². The van der Waals surface area contributed by atoms with Crippen LogP contribution in [0.2, 0.25) is 0 Å². The van der Waals surface area contributed by atoms with Crippen LogP contribution >= 0.6 is 12.2 Å². The van der Waals surface area contributed by atoms with E-state index in [2.05, 4.69) is 59.2 Å². The Hall–Kier alpha value is -3.18. The Morgan fingerprint density at radius 2 is 1.47 bits per heavy atom. The fourth-order valence-electron chi connectivity index (χ4n) is 3.35. The van der Waals surface area contributed by atoms with Crippen LogP contribution in [0.25, 0.3) is 0 Å². The number of carbonyl (C=O) groups is 1. The molecule has 0 amide bonds. The van der Waals surface area contributed by atoms with E-state index in [0.29, 0.717) is 11.0 Å². The number of benzene rings is 3. The van der Waals surface area contributed by atoms with Crippen LogP contribution < -0.4 is 10.6 Å². The van der Waals surface area contributed by atoms with Gasteiger partial charge in [-0.3, -0.25) is 4.79 Å². The molecule has 0 saturated heterocycles. The smallest absolute Gasteiger partial charge is 0.309 e. The summed E-state index contributed by atoms with van der Waals surface area (Å²) < 4.78 is 4.69. The van der Waals surface area contributed by atoms with E-state index in [9.17, 15) is 4.79 Å². The van der Waals surface area contributed by atoms with Crippen LogP contribution in [0, 0.1) is 0 Å². The Balaban J connectivity index is 1.54. The number of esters is 1. The molecule has 4 nitrogen and oxygen atoms in total. The molecule has 154 valence electrons. The maximum absolute atomic E-state index is 11.4. The second-order valence-electron chi connectivity index (χ2n) is 6.99. The molecule has 0 heterocycles. The highest BCUT2D eigenvalue weighted by atomic mass is 32.1. The third-order valence-corrected chi connectivity index (χ3v) is 5.16. The molecule has 0 aromatic heterocycles. The lowest BCUT2D eigenvalue weighted by Gasteiger charge is -2.19. The number of rotatable bonds is 8. The molecular formula is C25H26N2O2S. The second kappa shape index (κ2) is 11.1. The van der Waals surface area contributed by atoms with Crippen molar-refractivity contribution in [3.8, 4) is 0 Å². The van der Waals surface area contributed by atoms with Crippen LogP contribution in [-0.4, -0.2) is 24.7 Å². The van der Waals surface area contributed by atoms with Crippen molar-refractivity contribution >= 4 is 29.0 Å². The number of nitrogens with one attached hydrogen (secondary N) is 2. The van der Waals surface area contributed by atoms with Gasteiger partial charge < -0.3 is 15.4 Å². The largest absolute Gasteiger partial charge is 0.469 e. The number of methoxy groups -OCH3 is 1. The monoisotopic (exact) mass is 418 g/mol. The van der Waals surface area contributed by atoms with Gasteiger partial charge in [0.2, 0.25) is 0 Å². The molecule has 5 heteroatoms. The molecule has 0 radical (unpaired) electrons. The first-order valence-corrected chi connectivity index (χ1v) is 10.4. The summed E-state index contributed by atoms with van der Waals surface area (Å²) in [5.74, 6) is 0.0552. The lowest BCUT2D eigenvalue weighted by molar-refractivity contribution is -0.139. The Bertz CT molecular complexity index is 904. The first kappa shape index (κ1) is 21.5. The van der Waals surface area contributed by atoms with E-state index < -0.39 is 0 Å². The van der Waals surface area contributed by atoms with Crippen molar-refractivity contribution in [2.75, 3.05) is 19.0 Å². The third-order valence-electron chi connectivity index (χ3n) is 4.91. The molecule has 0 spiro atoms. The lowest BCUT2D eigenvalue weighted by Crippen LogP contribution is -2.30. The summed E-state index contributed by atoms with van der Waals surface area (Å²) in [6, 6.07) is 28.7. The van der Waals surface area contributed by atoms with Gasteiger partial charge in [0.1, 0.15) is 0 Å². The highest BCUT2D eigenvalue weighted by molar-refractivity contribution is 7.80. The van der Waals surface area contributed by atoms with Crippen LogP contribution in [0.4, 0.5) is 5.69 Å². The average molecular weight is 419 g/mol. The topological polar surface area (TPSA) is 50.4 Å². The molecule has 0 aliphatic heterocycles. The second-order valence-corrected chi connectivity index (χ2v) is 7.40. The van der Waals surface area contributed by atoms with E-state index >= 15 is 0 Å². The summed E-state index contributed by atoms with van der Waals surface area (Å²) in [5.41, 5.74) is 4.37. The Morgan fingerprint density at radius 3 is 2.00 bits per heavy atom. The normalized spacial score (nSPS) is 10.5. The first-order chi connectivity index (χ1) is 14.7. The van der Waals surface area contributed by atoms with Crippen molar-refractivity contribution in [1.29, 1.82) is 0 Å².